The molecule has 0 fully saturated rings. The maximum Gasteiger partial charge on any atom is 0.225 e. The van der Waals surface area contributed by atoms with Crippen LogP contribution >= 0.6 is 11.6 Å². The Hall–Kier alpha value is -2.15. The first kappa shape index (κ1) is 13.3. The van der Waals surface area contributed by atoms with E-state index in [9.17, 15) is 0 Å². The number of nitrogens with one attached hydrogen (secondary N) is 3. The normalized spacial score (nSPS) is 10.3. The van der Waals surface area contributed by atoms with E-state index in [1.54, 1.807) is 20.2 Å². The van der Waals surface area contributed by atoms with Gasteiger partial charge in [0.25, 0.3) is 0 Å². The van der Waals surface area contributed by atoms with E-state index >= 15 is 0 Å². The molecule has 0 unspecified atom stereocenters. The van der Waals surface area contributed by atoms with Gasteiger partial charge in [-0.05, 0) is 11.6 Å². The summed E-state index contributed by atoms with van der Waals surface area (Å²) < 4.78 is 0. The van der Waals surface area contributed by atoms with Crippen molar-refractivity contribution in [2.75, 3.05) is 36.6 Å². The van der Waals surface area contributed by atoms with Crippen molar-refractivity contribution in [3.8, 4) is 0 Å². The van der Waals surface area contributed by atoms with E-state index in [2.05, 4.69) is 42.5 Å². The van der Waals surface area contributed by atoms with Gasteiger partial charge in [0.2, 0.25) is 11.2 Å². The van der Waals surface area contributed by atoms with Gasteiger partial charge in [-0.3, -0.25) is 0 Å². The lowest BCUT2D eigenvalue weighted by Crippen LogP contribution is -2.08. The molecule has 0 aromatic carbocycles. The van der Waals surface area contributed by atoms with Crippen LogP contribution < -0.4 is 16.0 Å². The predicted molar refractivity (Wildman–Crippen MR) is 77.9 cm³/mol. The van der Waals surface area contributed by atoms with Gasteiger partial charge < -0.3 is 16.0 Å². The first-order valence-electron chi connectivity index (χ1n) is 5.65. The van der Waals surface area contributed by atoms with Gasteiger partial charge in [0.15, 0.2) is 11.6 Å². The topological polar surface area (TPSA) is 87.7 Å². The fourth-order valence-corrected chi connectivity index (χ4v) is 1.75. The summed E-state index contributed by atoms with van der Waals surface area (Å²) in [6, 6.07) is 0. The first-order chi connectivity index (χ1) is 9.19. The van der Waals surface area contributed by atoms with Crippen molar-refractivity contribution in [2.45, 2.75) is 0 Å². The zero-order valence-corrected chi connectivity index (χ0v) is 11.4. The van der Waals surface area contributed by atoms with Crippen LogP contribution in [0.2, 0.25) is 5.28 Å². The number of rotatable bonds is 5. The number of hydrogen-bond acceptors (Lipinski definition) is 7. The van der Waals surface area contributed by atoms with Crippen LogP contribution in [0.1, 0.15) is 0 Å². The van der Waals surface area contributed by atoms with Gasteiger partial charge >= 0.3 is 0 Å². The Labute approximate surface area is 115 Å². The van der Waals surface area contributed by atoms with Crippen molar-refractivity contribution < 1.29 is 0 Å². The van der Waals surface area contributed by atoms with E-state index < -0.39 is 0 Å². The fourth-order valence-electron chi connectivity index (χ4n) is 1.58. The number of nitrogens with zero attached hydrogens (tertiary/aromatic N) is 4. The van der Waals surface area contributed by atoms with Crippen LogP contribution in [0.5, 0.6) is 0 Å². The summed E-state index contributed by atoms with van der Waals surface area (Å²) in [5, 5.41) is 9.09. The predicted octanol–water partition coefficient (Wildman–Crippen LogP) is 1.75. The zero-order valence-electron chi connectivity index (χ0n) is 10.7. The molecule has 2 heterocycles. The third-order valence-corrected chi connectivity index (χ3v) is 2.56. The number of anilines is 3. The third-order valence-electron chi connectivity index (χ3n) is 2.39. The molecule has 0 aliphatic heterocycles. The quantitative estimate of drug-likeness (QED) is 0.568. The van der Waals surface area contributed by atoms with Gasteiger partial charge in [-0.25, -0.2) is 9.97 Å². The lowest BCUT2D eigenvalue weighted by Gasteiger charge is -2.10. The van der Waals surface area contributed by atoms with Crippen LogP contribution in [0.3, 0.4) is 0 Å². The zero-order chi connectivity index (χ0) is 13.8. The highest BCUT2D eigenvalue weighted by molar-refractivity contribution is 6.29. The van der Waals surface area contributed by atoms with E-state index in [1.807, 2.05) is 0 Å². The molecule has 7 nitrogen and oxygen atoms in total. The summed E-state index contributed by atoms with van der Waals surface area (Å²) in [5.74, 6) is 1.60. The standard InChI is InChI=1S/C11H14ClN7/c1-4-5-15-11-17-7-6(9(14-3)19-11)16-10(12)18-8(7)13-2/h4H,1,5H2,2-3H3,(H,13,16,18)(H2,14,15,17,19). The maximum absolute atomic E-state index is 5.88. The van der Waals surface area contributed by atoms with Crippen molar-refractivity contribution in [1.29, 1.82) is 0 Å². The van der Waals surface area contributed by atoms with Gasteiger partial charge in [-0.15, -0.1) is 6.58 Å². The molecule has 2 aromatic heterocycles. The lowest BCUT2D eigenvalue weighted by molar-refractivity contribution is 1.11. The minimum absolute atomic E-state index is 0.142. The van der Waals surface area contributed by atoms with Gasteiger partial charge in [-0.1, -0.05) is 6.08 Å². The van der Waals surface area contributed by atoms with Crippen LogP contribution in [-0.4, -0.2) is 40.6 Å². The monoisotopic (exact) mass is 279 g/mol. The van der Waals surface area contributed by atoms with Crippen molar-refractivity contribution in [3.05, 3.63) is 17.9 Å². The second-order valence-electron chi connectivity index (χ2n) is 3.60. The molecule has 3 N–H and O–H groups in total. The van der Waals surface area contributed by atoms with Crippen LogP contribution in [-0.2, 0) is 0 Å². The Kier molecular flexibility index (Phi) is 3.96. The molecule has 0 aliphatic carbocycles. The molecule has 0 atom stereocenters. The molecule has 0 spiro atoms. The molecule has 0 radical (unpaired) electrons. The second-order valence-corrected chi connectivity index (χ2v) is 3.94. The van der Waals surface area contributed by atoms with E-state index in [4.69, 9.17) is 11.6 Å². The minimum Gasteiger partial charge on any atom is -0.371 e. The summed E-state index contributed by atoms with van der Waals surface area (Å²) >= 11 is 5.88. The number of aromatic nitrogens is 4. The van der Waals surface area contributed by atoms with Crippen LogP contribution in [0.15, 0.2) is 12.7 Å². The van der Waals surface area contributed by atoms with E-state index in [1.165, 1.54) is 0 Å². The Balaban J connectivity index is 2.66. The lowest BCUT2D eigenvalue weighted by atomic mass is 10.3. The smallest absolute Gasteiger partial charge is 0.225 e. The van der Waals surface area contributed by atoms with Crippen molar-refractivity contribution >= 4 is 40.2 Å². The molecule has 8 heteroatoms. The van der Waals surface area contributed by atoms with Gasteiger partial charge in [0, 0.05) is 20.6 Å². The van der Waals surface area contributed by atoms with Crippen LogP contribution in [0, 0.1) is 0 Å². The maximum atomic E-state index is 5.88. The molecule has 2 aromatic rings. The summed E-state index contributed by atoms with van der Waals surface area (Å²) in [6.45, 7) is 4.21. The molecule has 100 valence electrons. The van der Waals surface area contributed by atoms with Crippen molar-refractivity contribution in [1.82, 2.24) is 19.9 Å². The Morgan fingerprint density at radius 1 is 1.05 bits per heavy atom. The fraction of sp³-hybridized carbons (Fsp3) is 0.273. The summed E-state index contributed by atoms with van der Waals surface area (Å²) in [4.78, 5) is 16.9. The molecule has 19 heavy (non-hydrogen) atoms. The number of halogens is 1. The van der Waals surface area contributed by atoms with Gasteiger partial charge in [0.1, 0.15) is 11.0 Å². The molecule has 0 aliphatic rings. The minimum atomic E-state index is 0.142. The molecule has 0 amide bonds. The first-order valence-corrected chi connectivity index (χ1v) is 6.03. The van der Waals surface area contributed by atoms with Crippen LogP contribution in [0.4, 0.5) is 17.6 Å². The number of fused-ring (bicyclic) bond motifs is 1. The molecule has 0 bridgehead atoms. The SMILES string of the molecule is C=CCNc1nc(NC)c2nc(Cl)nc(NC)c2n1. The third kappa shape index (κ3) is 2.65. The largest absolute Gasteiger partial charge is 0.371 e. The molecular formula is C11H14ClN7. The van der Waals surface area contributed by atoms with Crippen molar-refractivity contribution in [2.24, 2.45) is 0 Å². The van der Waals surface area contributed by atoms with Gasteiger partial charge in [-0.2, -0.15) is 9.97 Å². The van der Waals surface area contributed by atoms with Crippen molar-refractivity contribution in [3.63, 3.8) is 0 Å². The molecule has 0 saturated heterocycles. The Morgan fingerprint density at radius 2 is 1.68 bits per heavy atom. The van der Waals surface area contributed by atoms with Crippen LogP contribution in [0.25, 0.3) is 11.0 Å². The van der Waals surface area contributed by atoms with E-state index in [0.717, 1.165) is 0 Å². The summed E-state index contributed by atoms with van der Waals surface area (Å²) in [6.07, 6.45) is 1.73. The van der Waals surface area contributed by atoms with E-state index in [0.29, 0.717) is 35.2 Å². The Bertz CT molecular complexity index is 614. The van der Waals surface area contributed by atoms with Gasteiger partial charge in [0.05, 0.1) is 0 Å². The molecule has 0 saturated carbocycles. The summed E-state index contributed by atoms with van der Waals surface area (Å²) in [5.41, 5.74) is 1.16. The average molecular weight is 280 g/mol. The highest BCUT2D eigenvalue weighted by atomic mass is 35.5. The highest BCUT2D eigenvalue weighted by Gasteiger charge is 2.13. The summed E-state index contributed by atoms with van der Waals surface area (Å²) in [7, 11) is 3.50. The highest BCUT2D eigenvalue weighted by Crippen LogP contribution is 2.26. The number of hydrogen-bond donors (Lipinski definition) is 3. The second kappa shape index (κ2) is 5.66. The molecular weight excluding hydrogens is 266 g/mol. The molecule has 2 rings (SSSR count). The van der Waals surface area contributed by atoms with E-state index in [-0.39, 0.29) is 5.28 Å². The average Bonchev–Trinajstić information content (AvgIpc) is 2.43. The Morgan fingerprint density at radius 3 is 2.32 bits per heavy atom.